The maximum atomic E-state index is 11.5. The van der Waals surface area contributed by atoms with Crippen LogP contribution in [0.15, 0.2) is 29.1 Å². The SMILES string of the molecule is Cc1c(=O)n(O)c2ccccc2[n+]1[O-]. The molecule has 14 heavy (non-hydrogen) atoms. The zero-order valence-corrected chi connectivity index (χ0v) is 7.47. The average Bonchev–Trinajstić information content (AvgIpc) is 2.23. The lowest BCUT2D eigenvalue weighted by Gasteiger charge is -2.06. The highest BCUT2D eigenvalue weighted by atomic mass is 16.5. The molecule has 0 amide bonds. The third-order valence-corrected chi connectivity index (χ3v) is 2.14. The van der Waals surface area contributed by atoms with Gasteiger partial charge in [-0.05, 0) is 6.07 Å². The van der Waals surface area contributed by atoms with Crippen molar-refractivity contribution in [1.29, 1.82) is 0 Å². The second-order valence-electron chi connectivity index (χ2n) is 2.99. The minimum atomic E-state index is -0.696. The first-order valence-corrected chi connectivity index (χ1v) is 4.06. The Hall–Kier alpha value is -2.04. The summed E-state index contributed by atoms with van der Waals surface area (Å²) in [6.45, 7) is 1.37. The number of hydrogen-bond donors (Lipinski definition) is 1. The Morgan fingerprint density at radius 3 is 2.79 bits per heavy atom. The van der Waals surface area contributed by atoms with E-state index in [9.17, 15) is 15.2 Å². The van der Waals surface area contributed by atoms with E-state index < -0.39 is 5.56 Å². The highest BCUT2D eigenvalue weighted by Gasteiger charge is 2.15. The molecule has 0 aliphatic heterocycles. The smallest absolute Gasteiger partial charge is 0.351 e. The lowest BCUT2D eigenvalue weighted by atomic mass is 10.3. The maximum absolute atomic E-state index is 11.5. The standard InChI is InChI=1S/C9H8N2O3/c1-6-9(12)11(14)8-5-3-2-4-7(8)10(6)13/h2-5,14H,1H3. The van der Waals surface area contributed by atoms with E-state index in [0.717, 1.165) is 0 Å². The van der Waals surface area contributed by atoms with Crippen molar-refractivity contribution >= 4 is 11.0 Å². The van der Waals surface area contributed by atoms with E-state index in [0.29, 0.717) is 9.46 Å². The van der Waals surface area contributed by atoms with E-state index in [1.54, 1.807) is 18.2 Å². The molecule has 0 fully saturated rings. The van der Waals surface area contributed by atoms with Crippen molar-refractivity contribution in [3.8, 4) is 0 Å². The van der Waals surface area contributed by atoms with Crippen LogP contribution in [0.1, 0.15) is 5.69 Å². The van der Waals surface area contributed by atoms with Crippen molar-refractivity contribution in [2.45, 2.75) is 6.92 Å². The molecule has 2 rings (SSSR count). The second kappa shape index (κ2) is 2.73. The van der Waals surface area contributed by atoms with E-state index in [1.165, 1.54) is 13.0 Å². The average molecular weight is 192 g/mol. The minimum absolute atomic E-state index is 0.0498. The normalized spacial score (nSPS) is 10.6. The number of benzene rings is 1. The highest BCUT2D eigenvalue weighted by Crippen LogP contribution is 2.05. The zero-order valence-electron chi connectivity index (χ0n) is 7.47. The van der Waals surface area contributed by atoms with Gasteiger partial charge in [-0.1, -0.05) is 12.1 Å². The largest absolute Gasteiger partial charge is 0.618 e. The number of aromatic nitrogens is 2. The molecule has 0 spiro atoms. The minimum Gasteiger partial charge on any atom is -0.618 e. The van der Waals surface area contributed by atoms with E-state index in [1.807, 2.05) is 0 Å². The Morgan fingerprint density at radius 2 is 2.07 bits per heavy atom. The molecular formula is C9H8N2O3. The lowest BCUT2D eigenvalue weighted by Crippen LogP contribution is -2.41. The summed E-state index contributed by atoms with van der Waals surface area (Å²) in [6.07, 6.45) is 0. The molecule has 0 saturated heterocycles. The first kappa shape index (κ1) is 8.55. The van der Waals surface area contributed by atoms with Gasteiger partial charge in [-0.15, -0.1) is 4.73 Å². The van der Waals surface area contributed by atoms with Gasteiger partial charge in [0.1, 0.15) is 0 Å². The van der Waals surface area contributed by atoms with Crippen molar-refractivity contribution in [3.05, 3.63) is 45.5 Å². The van der Waals surface area contributed by atoms with E-state index >= 15 is 0 Å². The van der Waals surface area contributed by atoms with Crippen LogP contribution in [0.25, 0.3) is 11.0 Å². The summed E-state index contributed by atoms with van der Waals surface area (Å²) in [6, 6.07) is 6.36. The summed E-state index contributed by atoms with van der Waals surface area (Å²) in [7, 11) is 0. The Balaban J connectivity index is 3.10. The molecule has 1 heterocycles. The number of nitrogens with zero attached hydrogens (tertiary/aromatic N) is 2. The third-order valence-electron chi connectivity index (χ3n) is 2.14. The third kappa shape index (κ3) is 0.953. The number of para-hydroxylation sites is 2. The highest BCUT2D eigenvalue weighted by molar-refractivity contribution is 5.70. The molecule has 5 nitrogen and oxygen atoms in total. The van der Waals surface area contributed by atoms with Gasteiger partial charge in [-0.2, -0.15) is 4.73 Å². The fourth-order valence-corrected chi connectivity index (χ4v) is 1.35. The van der Waals surface area contributed by atoms with Crippen LogP contribution in [0.4, 0.5) is 0 Å². The summed E-state index contributed by atoms with van der Waals surface area (Å²) >= 11 is 0. The van der Waals surface area contributed by atoms with Gasteiger partial charge in [0.25, 0.3) is 5.69 Å². The van der Waals surface area contributed by atoms with Crippen LogP contribution in [0.2, 0.25) is 0 Å². The molecule has 0 atom stereocenters. The van der Waals surface area contributed by atoms with Gasteiger partial charge in [-0.3, -0.25) is 4.79 Å². The van der Waals surface area contributed by atoms with E-state index in [4.69, 9.17) is 0 Å². The summed E-state index contributed by atoms with van der Waals surface area (Å²) < 4.78 is 1.00. The van der Waals surface area contributed by atoms with Gasteiger partial charge < -0.3 is 10.4 Å². The lowest BCUT2D eigenvalue weighted by molar-refractivity contribution is -0.586. The van der Waals surface area contributed by atoms with Crippen LogP contribution in [-0.4, -0.2) is 9.94 Å². The molecule has 0 aliphatic rings. The maximum Gasteiger partial charge on any atom is 0.351 e. The monoisotopic (exact) mass is 192 g/mol. The molecule has 0 radical (unpaired) electrons. The molecule has 1 aromatic heterocycles. The fourth-order valence-electron chi connectivity index (χ4n) is 1.35. The summed E-state index contributed by atoms with van der Waals surface area (Å²) in [5.41, 5.74) is -0.268. The predicted octanol–water partition coefficient (Wildman–Crippen LogP) is 0.181. The summed E-state index contributed by atoms with van der Waals surface area (Å²) in [5, 5.41) is 20.9. The number of rotatable bonds is 0. The Morgan fingerprint density at radius 1 is 1.43 bits per heavy atom. The van der Waals surface area contributed by atoms with Crippen LogP contribution >= 0.6 is 0 Å². The molecule has 2 aromatic rings. The Labute approximate surface area is 79.0 Å². The molecule has 72 valence electrons. The predicted molar refractivity (Wildman–Crippen MR) is 49.1 cm³/mol. The van der Waals surface area contributed by atoms with Crippen molar-refractivity contribution in [2.75, 3.05) is 0 Å². The van der Waals surface area contributed by atoms with Crippen LogP contribution in [0, 0.1) is 12.1 Å². The summed E-state index contributed by atoms with van der Waals surface area (Å²) in [4.78, 5) is 11.3. The van der Waals surface area contributed by atoms with Crippen molar-refractivity contribution in [2.24, 2.45) is 0 Å². The zero-order chi connectivity index (χ0) is 10.3. The topological polar surface area (TPSA) is 69.2 Å². The van der Waals surface area contributed by atoms with Crippen LogP contribution in [0.3, 0.4) is 0 Å². The van der Waals surface area contributed by atoms with Gasteiger partial charge in [0.05, 0.1) is 0 Å². The second-order valence-corrected chi connectivity index (χ2v) is 2.99. The molecule has 5 heteroatoms. The Bertz CT molecular complexity index is 560. The fraction of sp³-hybridized carbons (Fsp3) is 0.111. The van der Waals surface area contributed by atoms with Gasteiger partial charge in [-0.25, -0.2) is 0 Å². The summed E-state index contributed by atoms with van der Waals surface area (Å²) in [5.74, 6) is 0. The van der Waals surface area contributed by atoms with Crippen LogP contribution in [0.5, 0.6) is 0 Å². The molecular weight excluding hydrogens is 184 g/mol. The number of hydrogen-bond acceptors (Lipinski definition) is 3. The van der Waals surface area contributed by atoms with Gasteiger partial charge >= 0.3 is 5.56 Å². The van der Waals surface area contributed by atoms with Crippen molar-refractivity contribution in [3.63, 3.8) is 0 Å². The molecule has 0 bridgehead atoms. The van der Waals surface area contributed by atoms with Gasteiger partial charge in [0.2, 0.25) is 5.52 Å². The van der Waals surface area contributed by atoms with E-state index in [-0.39, 0.29) is 16.7 Å². The van der Waals surface area contributed by atoms with E-state index in [2.05, 4.69) is 0 Å². The molecule has 1 aromatic carbocycles. The van der Waals surface area contributed by atoms with Gasteiger partial charge in [0, 0.05) is 13.0 Å². The molecule has 0 unspecified atom stereocenters. The van der Waals surface area contributed by atoms with Gasteiger partial charge in [0.15, 0.2) is 5.52 Å². The molecule has 0 aliphatic carbocycles. The quantitative estimate of drug-likeness (QED) is 0.368. The van der Waals surface area contributed by atoms with Crippen molar-refractivity contribution < 1.29 is 9.94 Å². The van der Waals surface area contributed by atoms with Crippen LogP contribution < -0.4 is 10.3 Å². The van der Waals surface area contributed by atoms with Crippen molar-refractivity contribution in [1.82, 2.24) is 4.73 Å². The Kier molecular flexibility index (Phi) is 1.67. The van der Waals surface area contributed by atoms with Crippen LogP contribution in [-0.2, 0) is 0 Å². The first-order chi connectivity index (χ1) is 6.63. The number of fused-ring (bicyclic) bond motifs is 1. The first-order valence-electron chi connectivity index (χ1n) is 4.06. The molecule has 1 N–H and O–H groups in total. The molecule has 0 saturated carbocycles.